The van der Waals surface area contributed by atoms with Gasteiger partial charge in [-0.05, 0) is 86.9 Å². The minimum atomic E-state index is -0.470. The summed E-state index contributed by atoms with van der Waals surface area (Å²) in [7, 11) is 0. The van der Waals surface area contributed by atoms with Gasteiger partial charge in [-0.3, -0.25) is 0 Å². The van der Waals surface area contributed by atoms with Gasteiger partial charge in [-0.2, -0.15) is 0 Å². The highest BCUT2D eigenvalue weighted by molar-refractivity contribution is 5.26. The molecule has 3 fully saturated rings. The molecule has 0 aliphatic heterocycles. The molecule has 2 N–H and O–H groups in total. The zero-order chi connectivity index (χ0) is 15.8. The Balaban J connectivity index is 1.68. The first-order valence-corrected chi connectivity index (χ1v) is 9.40. The van der Waals surface area contributed by atoms with E-state index in [1.54, 1.807) is 5.57 Å². The van der Waals surface area contributed by atoms with E-state index in [4.69, 9.17) is 0 Å². The van der Waals surface area contributed by atoms with E-state index in [9.17, 15) is 10.2 Å². The van der Waals surface area contributed by atoms with Crippen molar-refractivity contribution in [1.82, 2.24) is 0 Å². The van der Waals surface area contributed by atoms with Gasteiger partial charge in [0, 0.05) is 0 Å². The third-order valence-electron chi connectivity index (χ3n) is 8.65. The first-order valence-electron chi connectivity index (χ1n) is 9.40. The van der Waals surface area contributed by atoms with Gasteiger partial charge in [0.2, 0.25) is 0 Å². The monoisotopic (exact) mass is 304 g/mol. The fraction of sp³-hybridized carbons (Fsp3) is 0.900. The number of fused-ring (bicyclic) bond motifs is 5. The average Bonchev–Trinajstić information content (AvgIpc) is 2.70. The van der Waals surface area contributed by atoms with Crippen molar-refractivity contribution < 1.29 is 10.2 Å². The average molecular weight is 304 g/mol. The molecule has 0 aromatic carbocycles. The minimum Gasteiger partial charge on any atom is -0.390 e. The van der Waals surface area contributed by atoms with Crippen LogP contribution in [-0.4, -0.2) is 21.9 Å². The molecule has 22 heavy (non-hydrogen) atoms. The van der Waals surface area contributed by atoms with Gasteiger partial charge in [0.15, 0.2) is 0 Å². The van der Waals surface area contributed by atoms with Gasteiger partial charge in [0.05, 0.1) is 11.7 Å². The first-order chi connectivity index (χ1) is 10.3. The maximum Gasteiger partial charge on any atom is 0.0724 e. The van der Waals surface area contributed by atoms with Crippen LogP contribution in [0.4, 0.5) is 0 Å². The summed E-state index contributed by atoms with van der Waals surface area (Å²) in [5.41, 5.74) is 1.51. The predicted octanol–water partition coefficient (Wildman–Crippen LogP) is 4.06. The van der Waals surface area contributed by atoms with Gasteiger partial charge < -0.3 is 10.2 Å². The van der Waals surface area contributed by atoms with Crippen molar-refractivity contribution in [2.45, 2.75) is 83.8 Å². The third kappa shape index (κ3) is 1.80. The molecule has 3 saturated carbocycles. The van der Waals surface area contributed by atoms with Gasteiger partial charge in [-0.25, -0.2) is 0 Å². The summed E-state index contributed by atoms with van der Waals surface area (Å²) in [5.74, 6) is 2.25. The summed E-state index contributed by atoms with van der Waals surface area (Å²) in [6.45, 7) is 6.91. The van der Waals surface area contributed by atoms with Gasteiger partial charge >= 0.3 is 0 Å². The molecule has 7 atom stereocenters. The van der Waals surface area contributed by atoms with Crippen molar-refractivity contribution in [3.8, 4) is 0 Å². The second-order valence-electron chi connectivity index (χ2n) is 9.40. The molecule has 0 aromatic rings. The van der Waals surface area contributed by atoms with E-state index in [0.29, 0.717) is 11.3 Å². The minimum absolute atomic E-state index is 0.125. The normalized spacial score (nSPS) is 57.6. The summed E-state index contributed by atoms with van der Waals surface area (Å²) in [5, 5.41) is 20.9. The van der Waals surface area contributed by atoms with Crippen LogP contribution in [0.5, 0.6) is 0 Å². The molecule has 0 amide bonds. The van der Waals surface area contributed by atoms with E-state index in [1.807, 2.05) is 0 Å². The van der Waals surface area contributed by atoms with Crippen molar-refractivity contribution in [3.63, 3.8) is 0 Å². The van der Waals surface area contributed by atoms with Gasteiger partial charge in [0.1, 0.15) is 0 Å². The standard InChI is InChI=1S/C20H32O2/c1-18-9-6-14(21)12-13(18)4-5-15-16(18)7-10-19(2)17(15)8-11-20(19,3)22/h12,14-17,21-22H,4-11H2,1-3H3. The zero-order valence-corrected chi connectivity index (χ0v) is 14.4. The molecule has 2 heteroatoms. The van der Waals surface area contributed by atoms with E-state index < -0.39 is 5.60 Å². The summed E-state index contributed by atoms with van der Waals surface area (Å²) in [6.07, 6.45) is 11.1. The SMILES string of the molecule is CC12CCC(O)C=C1CCC1C2CCC2(C)C1CCC2(C)O. The van der Waals surface area contributed by atoms with Crippen LogP contribution in [0.1, 0.15) is 72.1 Å². The molecule has 4 aliphatic rings. The van der Waals surface area contributed by atoms with Crippen LogP contribution < -0.4 is 0 Å². The van der Waals surface area contributed by atoms with E-state index in [-0.39, 0.29) is 11.5 Å². The van der Waals surface area contributed by atoms with Gasteiger partial charge in [-0.1, -0.05) is 25.5 Å². The Kier molecular flexibility index (Phi) is 3.18. The number of hydrogen-bond donors (Lipinski definition) is 2. The van der Waals surface area contributed by atoms with Gasteiger partial charge in [-0.15, -0.1) is 0 Å². The molecule has 0 radical (unpaired) electrons. The van der Waals surface area contributed by atoms with Crippen LogP contribution in [0.3, 0.4) is 0 Å². The molecule has 0 bridgehead atoms. The lowest BCUT2D eigenvalue weighted by atomic mass is 9.46. The molecular weight excluding hydrogens is 272 g/mol. The molecule has 4 rings (SSSR count). The Labute approximate surface area is 135 Å². The van der Waals surface area contributed by atoms with Crippen molar-refractivity contribution >= 4 is 0 Å². The number of aliphatic hydroxyl groups excluding tert-OH is 1. The molecule has 0 heterocycles. The largest absolute Gasteiger partial charge is 0.390 e. The molecule has 0 spiro atoms. The maximum atomic E-state index is 10.9. The van der Waals surface area contributed by atoms with Crippen LogP contribution in [-0.2, 0) is 0 Å². The lowest BCUT2D eigenvalue weighted by Gasteiger charge is -2.59. The molecular formula is C20H32O2. The molecule has 0 saturated heterocycles. The van der Waals surface area contributed by atoms with E-state index in [0.717, 1.165) is 31.1 Å². The van der Waals surface area contributed by atoms with E-state index in [1.165, 1.54) is 32.1 Å². The fourth-order valence-electron chi connectivity index (χ4n) is 6.95. The topological polar surface area (TPSA) is 40.5 Å². The lowest BCUT2D eigenvalue weighted by Crippen LogP contribution is -2.54. The van der Waals surface area contributed by atoms with Crippen molar-refractivity contribution in [2.75, 3.05) is 0 Å². The summed E-state index contributed by atoms with van der Waals surface area (Å²) >= 11 is 0. The van der Waals surface area contributed by atoms with Crippen LogP contribution in [0.2, 0.25) is 0 Å². The Hall–Kier alpha value is -0.340. The third-order valence-corrected chi connectivity index (χ3v) is 8.65. The smallest absolute Gasteiger partial charge is 0.0724 e. The molecule has 0 aromatic heterocycles. The highest BCUT2D eigenvalue weighted by Gasteiger charge is 2.62. The molecule has 7 unspecified atom stereocenters. The van der Waals surface area contributed by atoms with Crippen LogP contribution in [0, 0.1) is 28.6 Å². The predicted molar refractivity (Wildman–Crippen MR) is 88.3 cm³/mol. The van der Waals surface area contributed by atoms with E-state index >= 15 is 0 Å². The highest BCUT2D eigenvalue weighted by atomic mass is 16.3. The molecule has 4 aliphatic carbocycles. The fourth-order valence-corrected chi connectivity index (χ4v) is 6.95. The number of aliphatic hydroxyl groups is 2. The van der Waals surface area contributed by atoms with E-state index in [2.05, 4.69) is 26.8 Å². The summed E-state index contributed by atoms with van der Waals surface area (Å²) < 4.78 is 0. The van der Waals surface area contributed by atoms with Gasteiger partial charge in [0.25, 0.3) is 0 Å². The van der Waals surface area contributed by atoms with Crippen molar-refractivity contribution in [3.05, 3.63) is 11.6 Å². The quantitative estimate of drug-likeness (QED) is 0.663. The Bertz CT molecular complexity index is 508. The first kappa shape index (κ1) is 15.2. The number of allylic oxidation sites excluding steroid dienone is 1. The Morgan fingerprint density at radius 3 is 2.45 bits per heavy atom. The Morgan fingerprint density at radius 1 is 0.955 bits per heavy atom. The Morgan fingerprint density at radius 2 is 1.68 bits per heavy atom. The van der Waals surface area contributed by atoms with Crippen molar-refractivity contribution in [2.24, 2.45) is 28.6 Å². The molecule has 124 valence electrons. The highest BCUT2D eigenvalue weighted by Crippen LogP contribution is 2.67. The van der Waals surface area contributed by atoms with Crippen molar-refractivity contribution in [1.29, 1.82) is 0 Å². The van der Waals surface area contributed by atoms with Crippen LogP contribution in [0.15, 0.2) is 11.6 Å². The number of hydrogen-bond acceptors (Lipinski definition) is 2. The van der Waals surface area contributed by atoms with Crippen LogP contribution in [0.25, 0.3) is 0 Å². The molecule has 2 nitrogen and oxygen atoms in total. The second kappa shape index (κ2) is 4.60. The number of rotatable bonds is 0. The lowest BCUT2D eigenvalue weighted by molar-refractivity contribution is -0.118. The maximum absolute atomic E-state index is 10.9. The summed E-state index contributed by atoms with van der Waals surface area (Å²) in [4.78, 5) is 0. The second-order valence-corrected chi connectivity index (χ2v) is 9.40. The summed E-state index contributed by atoms with van der Waals surface area (Å²) in [6, 6.07) is 0. The zero-order valence-electron chi connectivity index (χ0n) is 14.4. The van der Waals surface area contributed by atoms with Crippen LogP contribution >= 0.6 is 0 Å².